The van der Waals surface area contributed by atoms with Crippen LogP contribution in [0.25, 0.3) is 0 Å². The van der Waals surface area contributed by atoms with E-state index in [1.165, 1.54) is 0 Å². The number of guanidine groups is 1. The van der Waals surface area contributed by atoms with Crippen LogP contribution in [-0.4, -0.2) is 83.6 Å². The van der Waals surface area contributed by atoms with Crippen LogP contribution < -0.4 is 38.9 Å². The normalized spacial score (nSPS) is 13.3. The predicted molar refractivity (Wildman–Crippen MR) is 103 cm³/mol. The monoisotopic (exact) mass is 432 g/mol. The summed E-state index contributed by atoms with van der Waals surface area (Å²) in [4.78, 5) is 61.7. The fourth-order valence-electron chi connectivity index (χ4n) is 2.06. The molecule has 0 radical (unpaired) electrons. The van der Waals surface area contributed by atoms with Crippen molar-refractivity contribution in [3.63, 3.8) is 0 Å². The molecule has 0 heterocycles. The van der Waals surface area contributed by atoms with E-state index in [-0.39, 0.29) is 18.9 Å². The molecule has 0 fully saturated rings. The molecule has 0 aliphatic rings. The highest BCUT2D eigenvalue weighted by atomic mass is 16.4. The van der Waals surface area contributed by atoms with Crippen molar-refractivity contribution in [2.45, 2.75) is 37.4 Å². The highest BCUT2D eigenvalue weighted by molar-refractivity contribution is 5.94. The van der Waals surface area contributed by atoms with Gasteiger partial charge >= 0.3 is 5.97 Å². The van der Waals surface area contributed by atoms with Gasteiger partial charge < -0.3 is 49.1 Å². The lowest BCUT2D eigenvalue weighted by atomic mass is 10.1. The van der Waals surface area contributed by atoms with Gasteiger partial charge in [-0.3, -0.25) is 24.2 Å². The Morgan fingerprint density at radius 3 is 2.10 bits per heavy atom. The number of carbonyl (C=O) groups excluding carboxylic acids is 4. The Morgan fingerprint density at radius 2 is 1.60 bits per heavy atom. The summed E-state index contributed by atoms with van der Waals surface area (Å²) >= 11 is 0. The molecule has 15 nitrogen and oxygen atoms in total. The van der Waals surface area contributed by atoms with E-state index in [1.807, 2.05) is 5.32 Å². The fourth-order valence-corrected chi connectivity index (χ4v) is 2.06. The highest BCUT2D eigenvalue weighted by Crippen LogP contribution is 1.97. The zero-order valence-electron chi connectivity index (χ0n) is 16.2. The van der Waals surface area contributed by atoms with Gasteiger partial charge in [-0.1, -0.05) is 0 Å². The summed E-state index contributed by atoms with van der Waals surface area (Å²) in [6, 6.07) is -4.08. The summed E-state index contributed by atoms with van der Waals surface area (Å²) in [6.45, 7) is -1.19. The molecule has 0 rings (SSSR count). The lowest BCUT2D eigenvalue weighted by Gasteiger charge is -2.20. The van der Waals surface area contributed by atoms with Crippen molar-refractivity contribution in [3.05, 3.63) is 0 Å². The lowest BCUT2D eigenvalue weighted by Crippen LogP contribution is -2.55. The Kier molecular flexibility index (Phi) is 12.1. The minimum Gasteiger partial charge on any atom is -0.480 e. The molecule has 0 aromatic rings. The van der Waals surface area contributed by atoms with Crippen LogP contribution in [0.4, 0.5) is 0 Å². The summed E-state index contributed by atoms with van der Waals surface area (Å²) in [7, 11) is 0. The third kappa shape index (κ3) is 11.4. The first-order chi connectivity index (χ1) is 14.0. The molecule has 3 atom stereocenters. The number of aliphatic hydroxyl groups excluding tert-OH is 1. The summed E-state index contributed by atoms with van der Waals surface area (Å²) < 4.78 is 0. The van der Waals surface area contributed by atoms with Gasteiger partial charge in [-0.05, 0) is 12.8 Å². The molecular weight excluding hydrogens is 404 g/mol. The molecular formula is C15H28N8O7. The Hall–Kier alpha value is -3.46. The molecule has 0 saturated heterocycles. The van der Waals surface area contributed by atoms with Crippen molar-refractivity contribution < 1.29 is 34.2 Å². The van der Waals surface area contributed by atoms with Crippen molar-refractivity contribution in [3.8, 4) is 0 Å². The number of carbonyl (C=O) groups is 5. The highest BCUT2D eigenvalue weighted by Gasteiger charge is 2.27. The number of aliphatic imine (C=N–C) groups is 1. The van der Waals surface area contributed by atoms with Gasteiger partial charge in [-0.25, -0.2) is 4.79 Å². The molecule has 0 aliphatic carbocycles. The van der Waals surface area contributed by atoms with Crippen LogP contribution in [-0.2, 0) is 24.0 Å². The Bertz CT molecular complexity index is 665. The molecule has 0 spiro atoms. The number of carboxylic acids is 1. The smallest absolute Gasteiger partial charge is 0.328 e. The Morgan fingerprint density at radius 1 is 0.967 bits per heavy atom. The quantitative estimate of drug-likeness (QED) is 0.0712. The van der Waals surface area contributed by atoms with Gasteiger partial charge in [-0.2, -0.15) is 0 Å². The standard InChI is InChI=1S/C15H28N8O7/c16-7(2-1-3-20-15(18)19)12(27)21-5-11(26)22-8(4-10(17)25)13(28)23-9(6-24)14(29)30/h7-9,24H,1-6,16H2,(H2,17,25)(H,21,27)(H,22,26)(H,23,28)(H,29,30)(H4,18,19,20). The fraction of sp³-hybridized carbons (Fsp3) is 0.600. The first-order valence-corrected chi connectivity index (χ1v) is 8.78. The van der Waals surface area contributed by atoms with Crippen molar-refractivity contribution in [1.29, 1.82) is 0 Å². The predicted octanol–water partition coefficient (Wildman–Crippen LogP) is -5.59. The number of aliphatic carboxylic acids is 1. The van der Waals surface area contributed by atoms with Crippen molar-refractivity contribution in [2.24, 2.45) is 27.9 Å². The average molecular weight is 432 g/mol. The van der Waals surface area contributed by atoms with Crippen LogP contribution in [0.5, 0.6) is 0 Å². The van der Waals surface area contributed by atoms with E-state index in [2.05, 4.69) is 15.6 Å². The summed E-state index contributed by atoms with van der Waals surface area (Å²) in [6.07, 6.45) is 0.0391. The minimum absolute atomic E-state index is 0.0899. The van der Waals surface area contributed by atoms with Gasteiger partial charge in [0.2, 0.25) is 23.6 Å². The first-order valence-electron chi connectivity index (χ1n) is 8.78. The topological polar surface area (TPSA) is 278 Å². The second kappa shape index (κ2) is 13.7. The summed E-state index contributed by atoms with van der Waals surface area (Å²) in [5.74, 6) is -5.10. The van der Waals surface area contributed by atoms with E-state index in [0.717, 1.165) is 0 Å². The van der Waals surface area contributed by atoms with Gasteiger partial charge in [0.1, 0.15) is 12.1 Å². The van der Waals surface area contributed by atoms with E-state index < -0.39 is 67.3 Å². The number of aliphatic hydroxyl groups is 1. The maximum atomic E-state index is 12.1. The number of amides is 4. The summed E-state index contributed by atoms with van der Waals surface area (Å²) in [5, 5.41) is 24.1. The van der Waals surface area contributed by atoms with Crippen LogP contribution in [0.15, 0.2) is 4.99 Å². The molecule has 15 heteroatoms. The van der Waals surface area contributed by atoms with Crippen molar-refractivity contribution >= 4 is 35.6 Å². The third-order valence-electron chi connectivity index (χ3n) is 3.58. The van der Waals surface area contributed by atoms with E-state index >= 15 is 0 Å². The van der Waals surface area contributed by atoms with Crippen LogP contribution in [0.1, 0.15) is 19.3 Å². The number of nitrogens with two attached hydrogens (primary N) is 4. The second-order valence-electron chi connectivity index (χ2n) is 6.15. The molecule has 30 heavy (non-hydrogen) atoms. The molecule has 0 bridgehead atoms. The van der Waals surface area contributed by atoms with Gasteiger partial charge in [-0.15, -0.1) is 0 Å². The third-order valence-corrected chi connectivity index (χ3v) is 3.58. The minimum atomic E-state index is -1.64. The zero-order valence-corrected chi connectivity index (χ0v) is 16.2. The molecule has 0 aromatic carbocycles. The molecule has 3 unspecified atom stereocenters. The van der Waals surface area contributed by atoms with Gasteiger partial charge in [0, 0.05) is 6.54 Å². The van der Waals surface area contributed by atoms with E-state index in [1.54, 1.807) is 0 Å². The van der Waals surface area contributed by atoms with Crippen molar-refractivity contribution in [2.75, 3.05) is 19.7 Å². The number of hydrogen-bond donors (Lipinski definition) is 9. The van der Waals surface area contributed by atoms with E-state index in [9.17, 15) is 24.0 Å². The maximum Gasteiger partial charge on any atom is 0.328 e. The number of nitrogens with zero attached hydrogens (tertiary/aromatic N) is 1. The second-order valence-corrected chi connectivity index (χ2v) is 6.15. The molecule has 0 saturated carbocycles. The Labute approximate surface area is 171 Å². The molecule has 0 aliphatic heterocycles. The number of hydrogen-bond acceptors (Lipinski definition) is 8. The largest absolute Gasteiger partial charge is 0.480 e. The van der Waals surface area contributed by atoms with Gasteiger partial charge in [0.05, 0.1) is 25.6 Å². The number of carboxylic acid groups (broad SMARTS) is 1. The van der Waals surface area contributed by atoms with Crippen LogP contribution in [0.3, 0.4) is 0 Å². The van der Waals surface area contributed by atoms with E-state index in [0.29, 0.717) is 6.42 Å². The van der Waals surface area contributed by atoms with Gasteiger partial charge in [0.25, 0.3) is 0 Å². The zero-order chi connectivity index (χ0) is 23.3. The van der Waals surface area contributed by atoms with Crippen LogP contribution in [0.2, 0.25) is 0 Å². The Balaban J connectivity index is 4.66. The number of primary amides is 1. The van der Waals surface area contributed by atoms with Gasteiger partial charge in [0.15, 0.2) is 5.96 Å². The SMILES string of the molecule is NC(=O)CC(NC(=O)CNC(=O)C(N)CCCN=C(N)N)C(=O)NC(CO)C(=O)O. The van der Waals surface area contributed by atoms with Crippen LogP contribution in [0, 0.1) is 0 Å². The first kappa shape index (κ1) is 26.5. The lowest BCUT2D eigenvalue weighted by molar-refractivity contribution is -0.143. The summed E-state index contributed by atoms with van der Waals surface area (Å²) in [5.41, 5.74) is 21.0. The van der Waals surface area contributed by atoms with Crippen LogP contribution >= 0.6 is 0 Å². The molecule has 0 aromatic heterocycles. The average Bonchev–Trinajstić information content (AvgIpc) is 2.65. The molecule has 13 N–H and O–H groups in total. The molecule has 170 valence electrons. The number of rotatable bonds is 14. The molecule has 4 amide bonds. The van der Waals surface area contributed by atoms with Crippen molar-refractivity contribution in [1.82, 2.24) is 16.0 Å². The maximum absolute atomic E-state index is 12.1. The number of nitrogens with one attached hydrogen (secondary N) is 3. The van der Waals surface area contributed by atoms with E-state index in [4.69, 9.17) is 33.1 Å².